The SMILES string of the molecule is CCOC(=O)C1=S(=O)=C2N=C(C)C(CC)=CN2C1. The van der Waals surface area contributed by atoms with Crippen LogP contribution in [0.15, 0.2) is 16.8 Å². The van der Waals surface area contributed by atoms with Gasteiger partial charge in [0.15, 0.2) is 0 Å². The van der Waals surface area contributed by atoms with Crippen LogP contribution >= 0.6 is 0 Å². The van der Waals surface area contributed by atoms with Gasteiger partial charge in [-0.3, -0.25) is 0 Å². The van der Waals surface area contributed by atoms with Crippen LogP contribution in [0.3, 0.4) is 0 Å². The Balaban J connectivity index is 2.41. The molecular weight excluding hydrogens is 252 g/mol. The van der Waals surface area contributed by atoms with Crippen molar-refractivity contribution in [2.45, 2.75) is 27.2 Å². The van der Waals surface area contributed by atoms with Gasteiger partial charge in [0, 0.05) is 11.9 Å². The molecule has 0 saturated heterocycles. The van der Waals surface area contributed by atoms with Gasteiger partial charge in [0.2, 0.25) is 5.11 Å². The van der Waals surface area contributed by atoms with Crippen molar-refractivity contribution in [2.75, 3.05) is 13.2 Å². The largest absolute Gasteiger partial charge is 0.462 e. The fraction of sp³-hybridized carbons (Fsp3) is 0.500. The van der Waals surface area contributed by atoms with Crippen LogP contribution in [0.25, 0.3) is 0 Å². The summed E-state index contributed by atoms with van der Waals surface area (Å²) in [6, 6.07) is 0. The fourth-order valence-corrected chi connectivity index (χ4v) is 3.14. The van der Waals surface area contributed by atoms with E-state index < -0.39 is 15.9 Å². The van der Waals surface area contributed by atoms with Crippen molar-refractivity contribution < 1.29 is 13.7 Å². The number of nitrogens with zero attached hydrogens (tertiary/aromatic N) is 2. The molecule has 18 heavy (non-hydrogen) atoms. The van der Waals surface area contributed by atoms with Crippen LogP contribution in [0.5, 0.6) is 0 Å². The normalized spacial score (nSPS) is 18.6. The summed E-state index contributed by atoms with van der Waals surface area (Å²) in [4.78, 5) is 18.0. The molecule has 0 bridgehead atoms. The zero-order valence-corrected chi connectivity index (χ0v) is 11.5. The number of hydrogen-bond acceptors (Lipinski definition) is 5. The predicted octanol–water partition coefficient (Wildman–Crippen LogP) is 0.642. The third kappa shape index (κ3) is 2.08. The maximum Gasteiger partial charge on any atom is 0.348 e. The molecule has 2 aliphatic rings. The lowest BCUT2D eigenvalue weighted by Gasteiger charge is -2.21. The standard InChI is InChI=1S/C12H16N2O3S/c1-4-9-6-14-7-10(11(15)17-5-2)18(16)12(14)13-8(9)3/h6H,4-5,7H2,1-3H3. The van der Waals surface area contributed by atoms with Crippen molar-refractivity contribution in [3.8, 4) is 0 Å². The van der Waals surface area contributed by atoms with Gasteiger partial charge in [-0.1, -0.05) is 6.92 Å². The highest BCUT2D eigenvalue weighted by atomic mass is 32.1. The summed E-state index contributed by atoms with van der Waals surface area (Å²) < 4.78 is 17.1. The molecule has 0 aliphatic carbocycles. The van der Waals surface area contributed by atoms with E-state index in [2.05, 4.69) is 4.99 Å². The second-order valence-corrected chi connectivity index (χ2v) is 5.42. The first-order chi connectivity index (χ1) is 8.58. The summed E-state index contributed by atoms with van der Waals surface area (Å²) in [5, 5.41) is 0.438. The van der Waals surface area contributed by atoms with Gasteiger partial charge in [-0.05, 0) is 25.8 Å². The van der Waals surface area contributed by atoms with E-state index in [9.17, 15) is 9.00 Å². The monoisotopic (exact) mass is 268 g/mol. The van der Waals surface area contributed by atoms with Crippen LogP contribution in [0.4, 0.5) is 0 Å². The van der Waals surface area contributed by atoms with Gasteiger partial charge >= 0.3 is 5.97 Å². The van der Waals surface area contributed by atoms with Crippen molar-refractivity contribution in [1.29, 1.82) is 0 Å². The molecule has 5 nitrogen and oxygen atoms in total. The van der Waals surface area contributed by atoms with Gasteiger partial charge in [0.25, 0.3) is 0 Å². The van der Waals surface area contributed by atoms with Crippen molar-refractivity contribution in [3.63, 3.8) is 0 Å². The minimum absolute atomic E-state index is 0.275. The number of carbonyl (C=O) groups is 1. The summed E-state index contributed by atoms with van der Waals surface area (Å²) >= 11 is 0. The Bertz CT molecular complexity index is 599. The molecule has 0 atom stereocenters. The minimum Gasteiger partial charge on any atom is -0.462 e. The zero-order chi connectivity index (χ0) is 13.3. The Morgan fingerprint density at radius 3 is 2.89 bits per heavy atom. The van der Waals surface area contributed by atoms with Crippen molar-refractivity contribution >= 4 is 31.6 Å². The van der Waals surface area contributed by atoms with E-state index >= 15 is 0 Å². The molecule has 0 unspecified atom stereocenters. The maximum atomic E-state index is 12.2. The highest BCUT2D eigenvalue weighted by molar-refractivity contribution is 7.86. The number of fused-ring (bicyclic) bond motifs is 1. The third-order valence-electron chi connectivity index (χ3n) is 2.87. The Morgan fingerprint density at radius 1 is 1.56 bits per heavy atom. The lowest BCUT2D eigenvalue weighted by atomic mass is 10.1. The number of carbonyl (C=O) groups excluding carboxylic acids is 1. The number of hydrogen-bond donors (Lipinski definition) is 0. The average molecular weight is 268 g/mol. The molecule has 0 aromatic heterocycles. The van der Waals surface area contributed by atoms with Gasteiger partial charge in [0.1, 0.15) is 4.86 Å². The smallest absolute Gasteiger partial charge is 0.348 e. The topological polar surface area (TPSA) is 59.0 Å². The maximum absolute atomic E-state index is 12.2. The Morgan fingerprint density at radius 2 is 2.28 bits per heavy atom. The number of rotatable bonds is 3. The molecule has 0 aromatic carbocycles. The summed E-state index contributed by atoms with van der Waals surface area (Å²) in [6.45, 7) is 6.25. The van der Waals surface area contributed by atoms with E-state index in [4.69, 9.17) is 4.74 Å². The molecule has 0 saturated carbocycles. The highest BCUT2D eigenvalue weighted by Gasteiger charge is 2.28. The first kappa shape index (κ1) is 12.9. The number of allylic oxidation sites excluding steroid dienone is 1. The second kappa shape index (κ2) is 4.97. The molecule has 2 aliphatic heterocycles. The first-order valence-electron chi connectivity index (χ1n) is 5.93. The van der Waals surface area contributed by atoms with Gasteiger partial charge in [0.05, 0.1) is 23.1 Å². The van der Waals surface area contributed by atoms with Crippen LogP contribution in [-0.4, -0.2) is 43.9 Å². The summed E-state index contributed by atoms with van der Waals surface area (Å²) in [5.41, 5.74) is 1.96. The third-order valence-corrected chi connectivity index (χ3v) is 4.27. The summed E-state index contributed by atoms with van der Waals surface area (Å²) in [6.07, 6.45) is 2.78. The average Bonchev–Trinajstić information content (AvgIpc) is 2.66. The molecule has 0 amide bonds. The molecule has 0 fully saturated rings. The number of esters is 1. The molecule has 0 radical (unpaired) electrons. The number of aliphatic imine (C=N–C) groups is 1. The van der Waals surface area contributed by atoms with Crippen molar-refractivity contribution in [1.82, 2.24) is 4.90 Å². The van der Waals surface area contributed by atoms with Crippen LogP contribution in [0, 0.1) is 0 Å². The second-order valence-electron chi connectivity index (χ2n) is 4.03. The number of ether oxygens (including phenoxy) is 1. The van der Waals surface area contributed by atoms with Crippen molar-refractivity contribution in [3.05, 3.63) is 11.8 Å². The van der Waals surface area contributed by atoms with Gasteiger partial charge in [-0.15, -0.1) is 0 Å². The van der Waals surface area contributed by atoms with E-state index in [1.807, 2.05) is 20.0 Å². The quantitative estimate of drug-likeness (QED) is 0.557. The van der Waals surface area contributed by atoms with E-state index in [0.717, 1.165) is 17.7 Å². The summed E-state index contributed by atoms with van der Waals surface area (Å²) in [5.74, 6) is -0.489. The Labute approximate surface area is 108 Å². The van der Waals surface area contributed by atoms with Crippen LogP contribution < -0.4 is 0 Å². The predicted molar refractivity (Wildman–Crippen MR) is 73.0 cm³/mol. The van der Waals surface area contributed by atoms with E-state index in [-0.39, 0.29) is 11.5 Å². The first-order valence-corrected chi connectivity index (χ1v) is 7.08. The molecule has 0 aromatic rings. The molecule has 2 rings (SSSR count). The highest BCUT2D eigenvalue weighted by Crippen LogP contribution is 2.16. The fourth-order valence-electron chi connectivity index (χ4n) is 1.90. The van der Waals surface area contributed by atoms with Gasteiger partial charge < -0.3 is 9.64 Å². The Hall–Kier alpha value is -1.56. The van der Waals surface area contributed by atoms with E-state index in [1.165, 1.54) is 0 Å². The van der Waals surface area contributed by atoms with Crippen molar-refractivity contribution in [2.24, 2.45) is 4.99 Å². The molecular formula is C12H16N2O3S. The molecule has 0 spiro atoms. The molecule has 6 heteroatoms. The van der Waals surface area contributed by atoms with Crippen LogP contribution in [-0.2, 0) is 19.5 Å². The van der Waals surface area contributed by atoms with Crippen LogP contribution in [0.1, 0.15) is 27.2 Å². The molecule has 98 valence electrons. The summed E-state index contributed by atoms with van der Waals surface area (Å²) in [7, 11) is -1.49. The van der Waals surface area contributed by atoms with Crippen LogP contribution in [0.2, 0.25) is 0 Å². The molecule has 0 N–H and O–H groups in total. The lowest BCUT2D eigenvalue weighted by Crippen LogP contribution is -2.31. The Kier molecular flexibility index (Phi) is 3.56. The zero-order valence-electron chi connectivity index (χ0n) is 10.7. The lowest BCUT2D eigenvalue weighted by molar-refractivity contribution is -0.134. The van der Waals surface area contributed by atoms with E-state index in [1.54, 1.807) is 11.8 Å². The van der Waals surface area contributed by atoms with Gasteiger partial charge in [-0.2, -0.15) is 0 Å². The molecule has 2 heterocycles. The van der Waals surface area contributed by atoms with Gasteiger partial charge in [-0.25, -0.2) is 14.0 Å². The minimum atomic E-state index is -1.49. The van der Waals surface area contributed by atoms with E-state index in [0.29, 0.717) is 11.7 Å².